The van der Waals surface area contributed by atoms with Crippen LogP contribution in [0.15, 0.2) is 54.9 Å². The van der Waals surface area contributed by atoms with Crippen LogP contribution in [0.4, 0.5) is 0 Å². The van der Waals surface area contributed by atoms with Gasteiger partial charge in [-0.15, -0.1) is 0 Å². The van der Waals surface area contributed by atoms with E-state index in [4.69, 9.17) is 4.74 Å². The molecule has 2 heterocycles. The van der Waals surface area contributed by atoms with Gasteiger partial charge in [0, 0.05) is 41.8 Å². The number of benzene rings is 1. The van der Waals surface area contributed by atoms with Crippen LogP contribution < -0.4 is 21.5 Å². The summed E-state index contributed by atoms with van der Waals surface area (Å²) in [5.74, 6) is -0.0768. The zero-order valence-corrected chi connectivity index (χ0v) is 19.7. The van der Waals surface area contributed by atoms with Crippen molar-refractivity contribution in [2.75, 3.05) is 7.11 Å². The number of ketones is 1. The summed E-state index contributed by atoms with van der Waals surface area (Å²) in [6.07, 6.45) is 5.84. The molecule has 1 aromatic carbocycles. The van der Waals surface area contributed by atoms with Crippen molar-refractivity contribution in [3.63, 3.8) is 0 Å². The minimum absolute atomic E-state index is 0. The average molecular weight is 483 g/mol. The predicted octanol–water partition coefficient (Wildman–Crippen LogP) is 0.892. The summed E-state index contributed by atoms with van der Waals surface area (Å²) in [5, 5.41) is 0. The number of nitrogens with one attached hydrogen (secondary N) is 1. The molecule has 1 N–H and O–H groups in total. The second-order valence-corrected chi connectivity index (χ2v) is 8.77. The van der Waals surface area contributed by atoms with Crippen molar-refractivity contribution in [2.45, 2.75) is 39.7 Å². The first-order chi connectivity index (χ1) is 14.4. The van der Waals surface area contributed by atoms with Crippen LogP contribution in [0.25, 0.3) is 11.3 Å². The summed E-state index contributed by atoms with van der Waals surface area (Å²) in [6, 6.07) is 14.2. The van der Waals surface area contributed by atoms with E-state index in [1.807, 2.05) is 42.7 Å². The predicted molar refractivity (Wildman–Crippen MR) is 114 cm³/mol. The topological polar surface area (TPSA) is 63.0 Å². The summed E-state index contributed by atoms with van der Waals surface area (Å²) in [5.41, 5.74) is 6.07. The van der Waals surface area contributed by atoms with Crippen molar-refractivity contribution < 1.29 is 35.9 Å². The van der Waals surface area contributed by atoms with E-state index in [0.29, 0.717) is 12.8 Å². The number of pyridine rings is 1. The largest absolute Gasteiger partial charge is 1.00 e. The Bertz CT molecular complexity index is 1090. The lowest BCUT2D eigenvalue weighted by Gasteiger charge is -2.28. The van der Waals surface area contributed by atoms with Crippen LogP contribution in [-0.2, 0) is 28.9 Å². The SMILES string of the molecule is COC(=O)C[n+]1ccc(-c2[nH]c3c(c2Cc2ccccc2)C(=O)CC(C)(C)C3)cc1.[Br-]. The van der Waals surface area contributed by atoms with Gasteiger partial charge in [-0.05, 0) is 23.0 Å². The van der Waals surface area contributed by atoms with Gasteiger partial charge >= 0.3 is 5.97 Å². The van der Waals surface area contributed by atoms with Gasteiger partial charge in [-0.2, -0.15) is 4.57 Å². The van der Waals surface area contributed by atoms with Gasteiger partial charge in [0.25, 0.3) is 0 Å². The standard InChI is InChI=1S/C25H26N2O3.BrH/c1-25(2)14-20-23(21(28)15-25)19(13-17-7-5-4-6-8-17)24(26-20)18-9-11-27(12-10-18)16-22(29)30-3;/h4-12H,13-16H2,1-3H3;1H. The van der Waals surface area contributed by atoms with Gasteiger partial charge < -0.3 is 26.7 Å². The minimum Gasteiger partial charge on any atom is -1.00 e. The zero-order chi connectivity index (χ0) is 21.3. The van der Waals surface area contributed by atoms with Crippen molar-refractivity contribution >= 4 is 11.8 Å². The number of aromatic amines is 1. The van der Waals surface area contributed by atoms with Crippen molar-refractivity contribution in [1.29, 1.82) is 0 Å². The van der Waals surface area contributed by atoms with Crippen molar-refractivity contribution in [1.82, 2.24) is 4.98 Å². The molecule has 0 saturated carbocycles. The summed E-state index contributed by atoms with van der Waals surface area (Å²) in [6.45, 7) is 4.45. The number of nitrogens with zero attached hydrogens (tertiary/aromatic N) is 1. The maximum Gasteiger partial charge on any atom is 0.372 e. The Balaban J connectivity index is 0.00000272. The lowest BCUT2D eigenvalue weighted by atomic mass is 9.75. The molecule has 0 unspecified atom stereocenters. The summed E-state index contributed by atoms with van der Waals surface area (Å²) < 4.78 is 6.52. The molecule has 4 rings (SSSR count). The molecule has 3 aromatic rings. The van der Waals surface area contributed by atoms with Crippen LogP contribution >= 0.6 is 0 Å². The van der Waals surface area contributed by atoms with E-state index in [2.05, 4.69) is 31.0 Å². The molecule has 0 fully saturated rings. The van der Waals surface area contributed by atoms with Crippen LogP contribution in [-0.4, -0.2) is 23.8 Å². The number of Topliss-reactive ketones (excluding diaryl/α,β-unsaturated/α-hetero) is 1. The lowest BCUT2D eigenvalue weighted by molar-refractivity contribution is -0.685. The lowest BCUT2D eigenvalue weighted by Crippen LogP contribution is -3.00. The molecular formula is C25H27BrN2O3. The number of H-pyrrole nitrogens is 1. The third-order valence-corrected chi connectivity index (χ3v) is 5.70. The molecule has 0 saturated heterocycles. The average Bonchev–Trinajstić information content (AvgIpc) is 3.06. The monoisotopic (exact) mass is 482 g/mol. The van der Waals surface area contributed by atoms with Crippen molar-refractivity contribution in [3.05, 3.63) is 77.2 Å². The smallest absolute Gasteiger partial charge is 0.372 e. The Hall–Kier alpha value is -2.73. The number of hydrogen-bond donors (Lipinski definition) is 1. The fraction of sp³-hybridized carbons (Fsp3) is 0.320. The molecule has 0 spiro atoms. The Morgan fingerprint density at radius 1 is 1.10 bits per heavy atom. The Kier molecular flexibility index (Phi) is 6.80. The highest BCUT2D eigenvalue weighted by Gasteiger charge is 2.35. The maximum absolute atomic E-state index is 13.1. The first-order valence-electron chi connectivity index (χ1n) is 10.2. The maximum atomic E-state index is 13.1. The number of methoxy groups -OCH3 is 1. The first-order valence-corrected chi connectivity index (χ1v) is 10.2. The highest BCUT2D eigenvalue weighted by Crippen LogP contribution is 2.40. The molecule has 6 heteroatoms. The van der Waals surface area contributed by atoms with E-state index >= 15 is 0 Å². The fourth-order valence-electron chi connectivity index (χ4n) is 4.30. The Morgan fingerprint density at radius 2 is 1.77 bits per heavy atom. The third-order valence-electron chi connectivity index (χ3n) is 5.70. The Labute approximate surface area is 193 Å². The number of ether oxygens (including phenoxy) is 1. The van der Waals surface area contributed by atoms with Crippen LogP contribution in [0.1, 0.15) is 47.4 Å². The van der Waals surface area contributed by atoms with Gasteiger partial charge in [-0.3, -0.25) is 4.79 Å². The van der Waals surface area contributed by atoms with Crippen LogP contribution in [0.3, 0.4) is 0 Å². The number of carbonyl (C=O) groups is 2. The van der Waals surface area contributed by atoms with E-state index < -0.39 is 0 Å². The Morgan fingerprint density at radius 3 is 2.42 bits per heavy atom. The molecule has 1 aliphatic carbocycles. The van der Waals surface area contributed by atoms with Crippen LogP contribution in [0.5, 0.6) is 0 Å². The molecule has 0 bridgehead atoms. The highest BCUT2D eigenvalue weighted by atomic mass is 79.9. The second kappa shape index (κ2) is 9.18. The van der Waals surface area contributed by atoms with Crippen LogP contribution in [0.2, 0.25) is 0 Å². The van der Waals surface area contributed by atoms with E-state index in [0.717, 1.165) is 34.5 Å². The molecular weight excluding hydrogens is 456 g/mol. The molecule has 0 atom stereocenters. The number of rotatable bonds is 5. The molecule has 0 amide bonds. The summed E-state index contributed by atoms with van der Waals surface area (Å²) in [4.78, 5) is 28.2. The zero-order valence-electron chi connectivity index (χ0n) is 18.1. The van der Waals surface area contributed by atoms with E-state index in [9.17, 15) is 9.59 Å². The molecule has 0 radical (unpaired) electrons. The van der Waals surface area contributed by atoms with Crippen LogP contribution in [0, 0.1) is 5.41 Å². The summed E-state index contributed by atoms with van der Waals surface area (Å²) in [7, 11) is 1.38. The van der Waals surface area contributed by atoms with Gasteiger partial charge in [0.05, 0.1) is 12.8 Å². The van der Waals surface area contributed by atoms with E-state index in [1.54, 1.807) is 4.57 Å². The molecule has 0 aliphatic heterocycles. The quantitative estimate of drug-likeness (QED) is 0.433. The van der Waals surface area contributed by atoms with Gasteiger partial charge in [-0.1, -0.05) is 44.2 Å². The second-order valence-electron chi connectivity index (χ2n) is 8.77. The highest BCUT2D eigenvalue weighted by molar-refractivity contribution is 6.02. The number of esters is 1. The van der Waals surface area contributed by atoms with Gasteiger partial charge in [-0.25, -0.2) is 4.79 Å². The van der Waals surface area contributed by atoms with Gasteiger partial charge in [0.15, 0.2) is 18.2 Å². The summed E-state index contributed by atoms with van der Waals surface area (Å²) >= 11 is 0. The van der Waals surface area contributed by atoms with Gasteiger partial charge in [0.2, 0.25) is 6.54 Å². The van der Waals surface area contributed by atoms with E-state index in [-0.39, 0.29) is 40.7 Å². The van der Waals surface area contributed by atoms with Crippen molar-refractivity contribution in [2.24, 2.45) is 5.41 Å². The van der Waals surface area contributed by atoms with E-state index in [1.165, 1.54) is 12.7 Å². The third kappa shape index (κ3) is 4.96. The molecule has 2 aromatic heterocycles. The number of halogens is 1. The first kappa shape index (κ1) is 22.9. The molecule has 1 aliphatic rings. The molecule has 162 valence electrons. The fourth-order valence-corrected chi connectivity index (χ4v) is 4.30. The number of fused-ring (bicyclic) bond motifs is 1. The van der Waals surface area contributed by atoms with Crippen molar-refractivity contribution in [3.8, 4) is 11.3 Å². The molecule has 31 heavy (non-hydrogen) atoms. The molecule has 5 nitrogen and oxygen atoms in total. The number of carbonyl (C=O) groups excluding carboxylic acids is 2. The number of aromatic nitrogens is 2. The van der Waals surface area contributed by atoms with Gasteiger partial charge in [0.1, 0.15) is 0 Å². The number of hydrogen-bond acceptors (Lipinski definition) is 3. The normalized spacial score (nSPS) is 14.5. The minimum atomic E-state index is -0.291.